The Balaban J connectivity index is 1.33. The highest BCUT2D eigenvalue weighted by Gasteiger charge is 2.57. The Morgan fingerprint density at radius 1 is 0.655 bits per heavy atom. The zero-order chi connectivity index (χ0) is 38.2. The van der Waals surface area contributed by atoms with Crippen LogP contribution in [0.5, 0.6) is 0 Å². The molecule has 1 aliphatic heterocycles. The Labute approximate surface area is 327 Å². The quantitative estimate of drug-likeness (QED) is 0.166. The molecule has 3 aliphatic rings. The predicted molar refractivity (Wildman–Crippen MR) is 237 cm³/mol. The number of fused-ring (bicyclic) bond motifs is 6. The van der Waals surface area contributed by atoms with E-state index in [2.05, 4.69) is 159 Å². The molecule has 272 valence electrons. The van der Waals surface area contributed by atoms with Crippen molar-refractivity contribution in [2.75, 3.05) is 0 Å². The summed E-state index contributed by atoms with van der Waals surface area (Å²) >= 11 is 0. The van der Waals surface area contributed by atoms with Crippen molar-refractivity contribution in [1.82, 2.24) is 0 Å². The monoisotopic (exact) mass is 714 g/mol. The summed E-state index contributed by atoms with van der Waals surface area (Å²) in [5.41, 5.74) is 19.7. The molecule has 0 spiro atoms. The number of hydrogen-bond donors (Lipinski definition) is 0. The molecule has 2 heteroatoms. The first-order chi connectivity index (χ1) is 26.3. The van der Waals surface area contributed by atoms with Gasteiger partial charge < -0.3 is 4.42 Å². The van der Waals surface area contributed by atoms with Crippen LogP contribution in [0.2, 0.25) is 0 Å². The van der Waals surface area contributed by atoms with Gasteiger partial charge in [0.1, 0.15) is 5.76 Å². The van der Waals surface area contributed by atoms with Crippen molar-refractivity contribution < 1.29 is 4.42 Å². The summed E-state index contributed by atoms with van der Waals surface area (Å²) in [7, 11) is 0. The molecule has 6 aromatic carbocycles. The van der Waals surface area contributed by atoms with Crippen molar-refractivity contribution in [3.63, 3.8) is 0 Å². The standard InChI is InChI=1S/C53H51BO/c1-31-16-14-17-32(2)45(31)38-26-33(3)48-42(28-38)40-20-15-21-41-47(40)50(55-49(41)37-23-22-35-18-10-11-19-36(35)27-37)54(48)44-30-39(51(5,6)7)29-43-46(44)34(4)52(8)24-12-13-25-53(43,52)9/h10-11,14-23,26-30H,4,12-13,24-25H2,1-3,5-9H3. The fourth-order valence-corrected chi connectivity index (χ4v) is 11.2. The van der Waals surface area contributed by atoms with E-state index in [0.717, 1.165) is 17.0 Å². The molecule has 2 heterocycles. The van der Waals surface area contributed by atoms with Gasteiger partial charge in [-0.15, -0.1) is 0 Å². The number of allylic oxidation sites excluding steroid dienone is 1. The first-order valence-corrected chi connectivity index (χ1v) is 20.4. The average Bonchev–Trinajstić information content (AvgIpc) is 3.63. The van der Waals surface area contributed by atoms with E-state index in [4.69, 9.17) is 11.0 Å². The molecule has 1 saturated carbocycles. The van der Waals surface area contributed by atoms with Crippen LogP contribution >= 0.6 is 0 Å². The second-order valence-corrected chi connectivity index (χ2v) is 18.6. The van der Waals surface area contributed by atoms with Gasteiger partial charge in [0.2, 0.25) is 0 Å². The largest absolute Gasteiger partial charge is 0.469 e. The Bertz CT molecular complexity index is 2770. The number of aryl methyl sites for hydroxylation is 3. The molecule has 1 nitrogen and oxygen atoms in total. The highest BCUT2D eigenvalue weighted by molar-refractivity contribution is 6.98. The lowest BCUT2D eigenvalue weighted by Crippen LogP contribution is -2.56. The predicted octanol–water partition coefficient (Wildman–Crippen LogP) is 12.5. The molecule has 1 fully saturated rings. The Morgan fingerprint density at radius 2 is 1.36 bits per heavy atom. The smallest absolute Gasteiger partial charge is 0.290 e. The van der Waals surface area contributed by atoms with Crippen molar-refractivity contribution in [3.8, 4) is 33.6 Å². The summed E-state index contributed by atoms with van der Waals surface area (Å²) in [6.45, 7) is 24.0. The summed E-state index contributed by atoms with van der Waals surface area (Å²) < 4.78 is 7.47. The molecule has 2 aliphatic carbocycles. The van der Waals surface area contributed by atoms with Crippen LogP contribution in [0.1, 0.15) is 93.7 Å². The van der Waals surface area contributed by atoms with E-state index >= 15 is 0 Å². The molecule has 1 aromatic heterocycles. The summed E-state index contributed by atoms with van der Waals surface area (Å²) in [5, 5.41) is 4.89. The maximum Gasteiger partial charge on any atom is 0.290 e. The third-order valence-electron chi connectivity index (χ3n) is 14.5. The molecule has 0 radical (unpaired) electrons. The minimum absolute atomic E-state index is 0.0181. The summed E-state index contributed by atoms with van der Waals surface area (Å²) in [6, 6.07) is 39.0. The lowest BCUT2D eigenvalue weighted by atomic mass is 9.34. The maximum atomic E-state index is 7.47. The van der Waals surface area contributed by atoms with Gasteiger partial charge in [0.15, 0.2) is 0 Å². The Morgan fingerprint density at radius 3 is 2.11 bits per heavy atom. The molecular formula is C53H51BO. The van der Waals surface area contributed by atoms with Crippen LogP contribution in [0.3, 0.4) is 0 Å². The summed E-state index contributed by atoms with van der Waals surface area (Å²) in [6.07, 6.45) is 4.90. The van der Waals surface area contributed by atoms with Gasteiger partial charge in [0.05, 0.1) is 5.66 Å². The van der Waals surface area contributed by atoms with E-state index in [-0.39, 0.29) is 23.0 Å². The van der Waals surface area contributed by atoms with Crippen molar-refractivity contribution in [2.24, 2.45) is 5.41 Å². The lowest BCUT2D eigenvalue weighted by molar-refractivity contribution is 0.165. The van der Waals surface area contributed by atoms with Crippen LogP contribution in [0, 0.1) is 26.2 Å². The molecular weight excluding hydrogens is 663 g/mol. The van der Waals surface area contributed by atoms with Gasteiger partial charge in [-0.1, -0.05) is 162 Å². The number of hydrogen-bond acceptors (Lipinski definition) is 1. The normalized spacial score (nSPS) is 20.2. The van der Waals surface area contributed by atoms with Crippen molar-refractivity contribution in [2.45, 2.75) is 91.9 Å². The Hall–Kier alpha value is -5.08. The molecule has 2 atom stereocenters. The van der Waals surface area contributed by atoms with Gasteiger partial charge >= 0.3 is 0 Å². The molecule has 55 heavy (non-hydrogen) atoms. The zero-order valence-electron chi connectivity index (χ0n) is 33.8. The highest BCUT2D eigenvalue weighted by atomic mass is 16.3. The SMILES string of the molecule is C=C1c2c(B3c4c(C)cc(-c5c(C)cccc5C)cc4-c4cccc5c(-c6ccc7ccccc7c6)oc3c45)cc(C(C)(C)C)cc2C2(C)CCCCC12C. The van der Waals surface area contributed by atoms with Gasteiger partial charge in [-0.3, -0.25) is 0 Å². The number of benzene rings is 6. The summed E-state index contributed by atoms with van der Waals surface area (Å²) in [5.74, 6) is 0.957. The van der Waals surface area contributed by atoms with Crippen LogP contribution < -0.4 is 16.6 Å². The van der Waals surface area contributed by atoms with Crippen LogP contribution in [-0.4, -0.2) is 6.71 Å². The second-order valence-electron chi connectivity index (χ2n) is 18.6. The number of furan rings is 1. The first kappa shape index (κ1) is 34.4. The van der Waals surface area contributed by atoms with Crippen LogP contribution in [-0.2, 0) is 10.8 Å². The first-order valence-electron chi connectivity index (χ1n) is 20.4. The second kappa shape index (κ2) is 11.7. The van der Waals surface area contributed by atoms with Crippen LogP contribution in [0.25, 0.3) is 60.7 Å². The molecule has 0 saturated heterocycles. The average molecular weight is 715 g/mol. The topological polar surface area (TPSA) is 13.1 Å². The van der Waals surface area contributed by atoms with Gasteiger partial charge in [0, 0.05) is 27.2 Å². The molecule has 0 bridgehead atoms. The number of rotatable bonds is 3. The maximum absolute atomic E-state index is 7.47. The molecule has 0 N–H and O–H groups in total. The molecule has 10 rings (SSSR count). The van der Waals surface area contributed by atoms with E-state index in [1.54, 1.807) is 0 Å². The minimum atomic E-state index is -0.0891. The van der Waals surface area contributed by atoms with E-state index in [9.17, 15) is 0 Å². The third-order valence-corrected chi connectivity index (χ3v) is 14.5. The van der Waals surface area contributed by atoms with E-state index in [0.29, 0.717) is 0 Å². The Kier molecular flexibility index (Phi) is 7.33. The van der Waals surface area contributed by atoms with E-state index in [1.165, 1.54) is 119 Å². The van der Waals surface area contributed by atoms with Gasteiger partial charge in [0.25, 0.3) is 6.71 Å². The van der Waals surface area contributed by atoms with Crippen molar-refractivity contribution >= 4 is 50.4 Å². The summed E-state index contributed by atoms with van der Waals surface area (Å²) in [4.78, 5) is 0. The van der Waals surface area contributed by atoms with E-state index in [1.807, 2.05) is 0 Å². The molecule has 2 unspecified atom stereocenters. The van der Waals surface area contributed by atoms with Crippen molar-refractivity contribution in [3.05, 3.63) is 143 Å². The molecule has 7 aromatic rings. The fourth-order valence-electron chi connectivity index (χ4n) is 11.2. The highest BCUT2D eigenvalue weighted by Crippen LogP contribution is 2.64. The lowest BCUT2D eigenvalue weighted by Gasteiger charge is -2.46. The molecule has 0 amide bonds. The van der Waals surface area contributed by atoms with Crippen LogP contribution in [0.4, 0.5) is 0 Å². The van der Waals surface area contributed by atoms with E-state index < -0.39 is 0 Å². The fraction of sp³-hybridized carbons (Fsp3) is 0.283. The van der Waals surface area contributed by atoms with Gasteiger partial charge in [-0.05, 0) is 118 Å². The van der Waals surface area contributed by atoms with Crippen molar-refractivity contribution in [1.29, 1.82) is 0 Å². The minimum Gasteiger partial charge on any atom is -0.469 e. The zero-order valence-corrected chi connectivity index (χ0v) is 33.8. The van der Waals surface area contributed by atoms with Gasteiger partial charge in [-0.25, -0.2) is 0 Å². The van der Waals surface area contributed by atoms with Crippen LogP contribution in [0.15, 0.2) is 114 Å². The third kappa shape index (κ3) is 4.73. The van der Waals surface area contributed by atoms with Gasteiger partial charge in [-0.2, -0.15) is 0 Å².